The number of fused-ring (bicyclic) bond motifs is 1. The summed E-state index contributed by atoms with van der Waals surface area (Å²) in [5.74, 6) is 1.29. The van der Waals surface area contributed by atoms with Gasteiger partial charge in [-0.15, -0.1) is 0 Å². The van der Waals surface area contributed by atoms with Gasteiger partial charge in [0, 0.05) is 0 Å². The molecule has 0 spiro atoms. The van der Waals surface area contributed by atoms with E-state index in [1.54, 1.807) is 24.3 Å². The quantitative estimate of drug-likeness (QED) is 0.350. The van der Waals surface area contributed by atoms with Crippen molar-refractivity contribution >= 4 is 16.9 Å². The van der Waals surface area contributed by atoms with Crippen LogP contribution in [-0.4, -0.2) is 28.7 Å². The molecule has 0 bridgehead atoms. The van der Waals surface area contributed by atoms with E-state index in [2.05, 4.69) is 4.98 Å². The molecule has 0 aliphatic carbocycles. The number of benzene rings is 3. The van der Waals surface area contributed by atoms with E-state index in [1.807, 2.05) is 62.4 Å². The van der Waals surface area contributed by atoms with Crippen LogP contribution in [0.1, 0.15) is 17.0 Å². The molecule has 0 fully saturated rings. The topological polar surface area (TPSA) is 79.7 Å². The number of nitrogens with zero attached hydrogens (tertiary/aromatic N) is 2. The molecular weight excluding hydrogens is 432 g/mol. The lowest BCUT2D eigenvalue weighted by Crippen LogP contribution is -2.29. The zero-order chi connectivity index (χ0) is 23.9. The smallest absolute Gasteiger partial charge is 0.344 e. The summed E-state index contributed by atoms with van der Waals surface area (Å²) in [5.41, 5.74) is 2.30. The molecule has 0 atom stereocenters. The number of ether oxygens (including phenoxy) is 3. The first-order valence-electron chi connectivity index (χ1n) is 11.0. The van der Waals surface area contributed by atoms with Gasteiger partial charge in [0.05, 0.1) is 17.4 Å². The number of carbonyl (C=O) groups is 1. The molecule has 34 heavy (non-hydrogen) atoms. The van der Waals surface area contributed by atoms with Gasteiger partial charge in [0.1, 0.15) is 30.5 Å². The largest absolute Gasteiger partial charge is 0.485 e. The monoisotopic (exact) mass is 458 g/mol. The molecule has 1 heterocycles. The standard InChI is InChI=1S/C27H26N2O5/c1-19-9-3-7-13-23(19)33-17-25-28-22-12-6-5-11-21(22)27(31)29(25)15-16-32-26(30)18-34-24-14-8-4-10-20(24)2/h3-14H,15-18H2,1-2H3. The highest BCUT2D eigenvalue weighted by molar-refractivity contribution is 5.77. The molecule has 0 radical (unpaired) electrons. The van der Waals surface area contributed by atoms with Crippen molar-refractivity contribution in [3.8, 4) is 11.5 Å². The van der Waals surface area contributed by atoms with E-state index in [1.165, 1.54) is 4.57 Å². The highest BCUT2D eigenvalue weighted by Crippen LogP contribution is 2.18. The van der Waals surface area contributed by atoms with Crippen molar-refractivity contribution < 1.29 is 19.0 Å². The van der Waals surface area contributed by atoms with Crippen LogP contribution in [0.15, 0.2) is 77.6 Å². The summed E-state index contributed by atoms with van der Waals surface area (Å²) >= 11 is 0. The Morgan fingerprint density at radius 1 is 0.853 bits per heavy atom. The molecule has 0 saturated carbocycles. The zero-order valence-electron chi connectivity index (χ0n) is 19.2. The van der Waals surface area contributed by atoms with Gasteiger partial charge in [0.2, 0.25) is 0 Å². The second-order valence-electron chi connectivity index (χ2n) is 7.83. The van der Waals surface area contributed by atoms with E-state index in [0.717, 1.165) is 16.9 Å². The van der Waals surface area contributed by atoms with Crippen LogP contribution in [0.25, 0.3) is 10.9 Å². The third kappa shape index (κ3) is 5.43. The first kappa shape index (κ1) is 23.0. The summed E-state index contributed by atoms with van der Waals surface area (Å²) in [6, 6.07) is 22.2. The van der Waals surface area contributed by atoms with Crippen molar-refractivity contribution in [3.05, 3.63) is 100 Å². The molecular formula is C27H26N2O5. The first-order chi connectivity index (χ1) is 16.5. The van der Waals surface area contributed by atoms with Crippen LogP contribution in [0.5, 0.6) is 11.5 Å². The van der Waals surface area contributed by atoms with Gasteiger partial charge in [-0.2, -0.15) is 0 Å². The highest BCUT2D eigenvalue weighted by atomic mass is 16.6. The fourth-order valence-corrected chi connectivity index (χ4v) is 3.56. The number of para-hydroxylation sites is 3. The summed E-state index contributed by atoms with van der Waals surface area (Å²) in [6.45, 7) is 3.91. The zero-order valence-corrected chi connectivity index (χ0v) is 19.2. The molecule has 0 saturated heterocycles. The van der Waals surface area contributed by atoms with Crippen LogP contribution >= 0.6 is 0 Å². The van der Waals surface area contributed by atoms with Gasteiger partial charge in [0.25, 0.3) is 5.56 Å². The predicted molar refractivity (Wildman–Crippen MR) is 129 cm³/mol. The number of aromatic nitrogens is 2. The number of rotatable bonds is 9. The lowest BCUT2D eigenvalue weighted by atomic mass is 10.2. The van der Waals surface area contributed by atoms with Gasteiger partial charge in [-0.05, 0) is 49.2 Å². The van der Waals surface area contributed by atoms with Gasteiger partial charge in [0.15, 0.2) is 6.61 Å². The van der Waals surface area contributed by atoms with Crippen LogP contribution < -0.4 is 15.0 Å². The Hall–Kier alpha value is -4.13. The van der Waals surface area contributed by atoms with Gasteiger partial charge < -0.3 is 14.2 Å². The summed E-state index contributed by atoms with van der Waals surface area (Å²) in [7, 11) is 0. The van der Waals surface area contributed by atoms with E-state index in [-0.39, 0.29) is 31.9 Å². The molecule has 0 N–H and O–H groups in total. The summed E-state index contributed by atoms with van der Waals surface area (Å²) < 4.78 is 18.3. The first-order valence-corrected chi connectivity index (χ1v) is 11.0. The summed E-state index contributed by atoms with van der Waals surface area (Å²) in [4.78, 5) is 30.0. The highest BCUT2D eigenvalue weighted by Gasteiger charge is 2.13. The Morgan fingerprint density at radius 3 is 2.18 bits per heavy atom. The van der Waals surface area contributed by atoms with Gasteiger partial charge >= 0.3 is 5.97 Å². The Bertz CT molecular complexity index is 1360. The molecule has 0 amide bonds. The number of esters is 1. The Balaban J connectivity index is 1.45. The Labute approximate surface area is 197 Å². The van der Waals surface area contributed by atoms with Crippen LogP contribution in [0.4, 0.5) is 0 Å². The maximum Gasteiger partial charge on any atom is 0.344 e. The van der Waals surface area contributed by atoms with Crippen molar-refractivity contribution in [1.82, 2.24) is 9.55 Å². The molecule has 0 aliphatic heterocycles. The third-order valence-electron chi connectivity index (χ3n) is 5.41. The van der Waals surface area contributed by atoms with E-state index in [4.69, 9.17) is 14.2 Å². The fraction of sp³-hybridized carbons (Fsp3) is 0.222. The fourth-order valence-electron chi connectivity index (χ4n) is 3.56. The molecule has 174 valence electrons. The summed E-state index contributed by atoms with van der Waals surface area (Å²) in [5, 5.41) is 0.497. The van der Waals surface area contributed by atoms with Crippen molar-refractivity contribution in [3.63, 3.8) is 0 Å². The molecule has 1 aromatic heterocycles. The molecule has 0 aliphatic rings. The van der Waals surface area contributed by atoms with E-state index < -0.39 is 5.97 Å². The predicted octanol–water partition coefficient (Wildman–Crippen LogP) is 4.21. The van der Waals surface area contributed by atoms with Crippen LogP contribution in [-0.2, 0) is 22.7 Å². The number of carbonyl (C=O) groups excluding carboxylic acids is 1. The van der Waals surface area contributed by atoms with Gasteiger partial charge in [-0.3, -0.25) is 9.36 Å². The van der Waals surface area contributed by atoms with Crippen LogP contribution in [0.3, 0.4) is 0 Å². The van der Waals surface area contributed by atoms with Crippen molar-refractivity contribution in [1.29, 1.82) is 0 Å². The Kier molecular flexibility index (Phi) is 7.22. The molecule has 0 unspecified atom stereocenters. The van der Waals surface area contributed by atoms with E-state index in [9.17, 15) is 9.59 Å². The molecule has 7 heteroatoms. The number of hydrogen-bond acceptors (Lipinski definition) is 6. The lowest BCUT2D eigenvalue weighted by molar-refractivity contribution is -0.146. The van der Waals surface area contributed by atoms with Gasteiger partial charge in [-0.25, -0.2) is 9.78 Å². The summed E-state index contributed by atoms with van der Waals surface area (Å²) in [6.07, 6.45) is 0. The van der Waals surface area contributed by atoms with Crippen molar-refractivity contribution in [2.24, 2.45) is 0 Å². The minimum Gasteiger partial charge on any atom is -0.485 e. The molecule has 4 rings (SSSR count). The van der Waals surface area contributed by atoms with Crippen LogP contribution in [0, 0.1) is 13.8 Å². The average Bonchev–Trinajstić information content (AvgIpc) is 2.84. The Morgan fingerprint density at radius 2 is 1.47 bits per heavy atom. The average molecular weight is 459 g/mol. The number of hydrogen-bond donors (Lipinski definition) is 0. The van der Waals surface area contributed by atoms with E-state index >= 15 is 0 Å². The minimum atomic E-state index is -0.511. The van der Waals surface area contributed by atoms with Gasteiger partial charge in [-0.1, -0.05) is 48.5 Å². The third-order valence-corrected chi connectivity index (χ3v) is 5.41. The molecule has 3 aromatic carbocycles. The maximum absolute atomic E-state index is 13.2. The second kappa shape index (κ2) is 10.7. The number of aryl methyl sites for hydroxylation is 2. The SMILES string of the molecule is Cc1ccccc1OCC(=O)OCCn1c(COc2ccccc2C)nc2ccccc2c1=O. The van der Waals surface area contributed by atoms with E-state index in [0.29, 0.717) is 22.5 Å². The molecule has 7 nitrogen and oxygen atoms in total. The second-order valence-corrected chi connectivity index (χ2v) is 7.83. The minimum absolute atomic E-state index is 0.00720. The normalized spacial score (nSPS) is 10.8. The van der Waals surface area contributed by atoms with Crippen LogP contribution in [0.2, 0.25) is 0 Å². The lowest BCUT2D eigenvalue weighted by Gasteiger charge is -2.15. The maximum atomic E-state index is 13.2. The van der Waals surface area contributed by atoms with Crippen molar-refractivity contribution in [2.45, 2.75) is 27.0 Å². The molecule has 4 aromatic rings. The van der Waals surface area contributed by atoms with Crippen molar-refractivity contribution in [2.75, 3.05) is 13.2 Å².